The van der Waals surface area contributed by atoms with Crippen molar-refractivity contribution in [3.05, 3.63) is 62.3 Å². The van der Waals surface area contributed by atoms with Crippen LogP contribution in [-0.2, 0) is 9.53 Å². The molecular weight excluding hydrogens is 396 g/mol. The third-order valence-electron chi connectivity index (χ3n) is 5.75. The van der Waals surface area contributed by atoms with Crippen LogP contribution in [0.15, 0.2) is 46.2 Å². The van der Waals surface area contributed by atoms with Gasteiger partial charge in [0, 0.05) is 23.6 Å². The maximum atomic E-state index is 13.1. The van der Waals surface area contributed by atoms with Crippen molar-refractivity contribution in [1.29, 1.82) is 5.39 Å². The van der Waals surface area contributed by atoms with Gasteiger partial charge in [-0.05, 0) is 13.0 Å². The van der Waals surface area contributed by atoms with Gasteiger partial charge in [0.1, 0.15) is 35.4 Å². The zero-order chi connectivity index (χ0) is 22.1. The standard InChI is InChI=1S/C20H16N2O8/c1-6(23)30-20(2)18(28)13-11(17(27)19(20)29)10-12(14(13)22-21)16(26)9-7(15(10)25)4-3-5-8(9)24/h3-5,17-19,27-29H,1-2H3,(H-,24,25,26)/p+1/t17-,18+,19+,20+/m0/s1. The maximum Gasteiger partial charge on any atom is 0.403 e. The number of hydrogen-bond donors (Lipinski definition) is 5. The molecule has 1 aromatic rings. The number of aromatic hydroxyl groups is 1. The largest absolute Gasteiger partial charge is 0.507 e. The third-order valence-corrected chi connectivity index (χ3v) is 5.75. The number of carbonyl (C=O) groups is 2. The Balaban J connectivity index is 2.06. The van der Waals surface area contributed by atoms with E-state index in [0.29, 0.717) is 0 Å². The van der Waals surface area contributed by atoms with Gasteiger partial charge in [-0.1, -0.05) is 12.1 Å². The smallest absolute Gasteiger partial charge is 0.403 e. The molecule has 0 aliphatic heterocycles. The summed E-state index contributed by atoms with van der Waals surface area (Å²) in [5, 5.41) is 63.0. The number of hydrogen-bond acceptors (Lipinski definition) is 9. The summed E-state index contributed by atoms with van der Waals surface area (Å²) in [5.41, 5.74) is -3.91. The second kappa shape index (κ2) is 6.24. The van der Waals surface area contributed by atoms with Gasteiger partial charge in [-0.3, -0.25) is 9.59 Å². The van der Waals surface area contributed by atoms with Gasteiger partial charge in [0.25, 0.3) is 0 Å². The normalized spacial score (nSPS) is 30.0. The van der Waals surface area contributed by atoms with Crippen molar-refractivity contribution in [1.82, 2.24) is 0 Å². The highest BCUT2D eigenvalue weighted by atomic mass is 16.6. The molecule has 4 rings (SSSR count). The van der Waals surface area contributed by atoms with Gasteiger partial charge >= 0.3 is 11.7 Å². The molecule has 10 heteroatoms. The molecule has 0 radical (unpaired) electrons. The number of rotatable bonds is 1. The fraction of sp³-hybridized carbons (Fsp3) is 0.300. The van der Waals surface area contributed by atoms with Crippen LogP contribution in [-0.4, -0.2) is 61.2 Å². The summed E-state index contributed by atoms with van der Waals surface area (Å²) < 4.78 is 5.08. The van der Waals surface area contributed by atoms with Crippen molar-refractivity contribution >= 4 is 17.5 Å². The van der Waals surface area contributed by atoms with Crippen LogP contribution in [0.4, 0.5) is 0 Å². The number of phenols is 1. The first-order chi connectivity index (χ1) is 14.1. The van der Waals surface area contributed by atoms with E-state index in [-0.39, 0.29) is 33.4 Å². The van der Waals surface area contributed by atoms with Crippen molar-refractivity contribution < 1.29 is 39.9 Å². The number of esters is 1. The Labute approximate surface area is 169 Å². The minimum atomic E-state index is -2.04. The minimum absolute atomic E-state index is 0.0331. The van der Waals surface area contributed by atoms with Crippen LogP contribution in [0, 0.1) is 5.39 Å². The molecule has 1 aromatic carbocycles. The molecule has 5 N–H and O–H groups in total. The number of ether oxygens (including phenoxy) is 1. The molecule has 0 heterocycles. The summed E-state index contributed by atoms with van der Waals surface area (Å²) in [6.07, 6.45) is -5.47. The van der Waals surface area contributed by atoms with E-state index in [1.807, 2.05) is 0 Å². The van der Waals surface area contributed by atoms with E-state index in [0.717, 1.165) is 6.92 Å². The number of ketones is 1. The van der Waals surface area contributed by atoms with Crippen molar-refractivity contribution in [2.75, 3.05) is 0 Å². The van der Waals surface area contributed by atoms with Crippen LogP contribution < -0.4 is 0 Å². The average molecular weight is 413 g/mol. The molecule has 3 aliphatic rings. The first-order valence-corrected chi connectivity index (χ1v) is 8.94. The maximum absolute atomic E-state index is 13.1. The molecule has 0 amide bonds. The van der Waals surface area contributed by atoms with E-state index in [1.54, 1.807) is 0 Å². The van der Waals surface area contributed by atoms with Crippen LogP contribution in [0.2, 0.25) is 0 Å². The van der Waals surface area contributed by atoms with Crippen LogP contribution in [0.3, 0.4) is 0 Å². The summed E-state index contributed by atoms with van der Waals surface area (Å²) >= 11 is 0. The number of aliphatic hydroxyl groups is 4. The topological polar surface area (TPSA) is 173 Å². The van der Waals surface area contributed by atoms with E-state index in [2.05, 4.69) is 4.98 Å². The van der Waals surface area contributed by atoms with Gasteiger partial charge in [0.2, 0.25) is 11.2 Å². The molecule has 0 saturated carbocycles. The molecule has 154 valence electrons. The molecule has 0 fully saturated rings. The highest BCUT2D eigenvalue weighted by Crippen LogP contribution is 2.54. The fourth-order valence-electron chi connectivity index (χ4n) is 4.39. The Morgan fingerprint density at radius 2 is 1.83 bits per heavy atom. The van der Waals surface area contributed by atoms with Gasteiger partial charge in [0.15, 0.2) is 10.6 Å². The van der Waals surface area contributed by atoms with E-state index >= 15 is 0 Å². The summed E-state index contributed by atoms with van der Waals surface area (Å²) in [4.78, 5) is 27.8. The summed E-state index contributed by atoms with van der Waals surface area (Å²) in [6.45, 7) is 2.22. The van der Waals surface area contributed by atoms with Crippen LogP contribution in [0.1, 0.15) is 29.8 Å². The van der Waals surface area contributed by atoms with Crippen molar-refractivity contribution in [3.63, 3.8) is 0 Å². The Morgan fingerprint density at radius 1 is 1.17 bits per heavy atom. The monoisotopic (exact) mass is 413 g/mol. The molecule has 10 nitrogen and oxygen atoms in total. The van der Waals surface area contributed by atoms with E-state index < -0.39 is 52.9 Å². The van der Waals surface area contributed by atoms with Gasteiger partial charge < -0.3 is 30.3 Å². The number of benzene rings is 1. The number of allylic oxidation sites excluding steroid dienone is 1. The summed E-state index contributed by atoms with van der Waals surface area (Å²) in [6, 6.07) is 4.00. The fourth-order valence-corrected chi connectivity index (χ4v) is 4.39. The molecule has 0 bridgehead atoms. The second-order valence-electron chi connectivity index (χ2n) is 7.47. The summed E-state index contributed by atoms with van der Waals surface area (Å²) in [5.74, 6) is -2.62. The Hall–Kier alpha value is -3.52. The highest BCUT2D eigenvalue weighted by molar-refractivity contribution is 6.22. The first-order valence-electron chi connectivity index (χ1n) is 8.94. The molecule has 0 saturated heterocycles. The first kappa shape index (κ1) is 19.8. The van der Waals surface area contributed by atoms with Crippen molar-refractivity contribution in [2.45, 2.75) is 37.8 Å². The SMILES string of the molecule is CC(=O)O[C@]1(C)[C@H](O)C2=C(C3=C(O)c4cccc(O)c4C(=O)C3=C2[N+]#N)[C@H](O)[C@H]1O. The number of nitrogens with zero attached hydrogens (tertiary/aromatic N) is 2. The van der Waals surface area contributed by atoms with E-state index in [1.165, 1.54) is 25.1 Å². The van der Waals surface area contributed by atoms with Gasteiger partial charge in [0.05, 0.1) is 11.1 Å². The van der Waals surface area contributed by atoms with Crippen LogP contribution in [0.25, 0.3) is 10.7 Å². The van der Waals surface area contributed by atoms with E-state index in [9.17, 15) is 40.5 Å². The summed E-state index contributed by atoms with van der Waals surface area (Å²) in [7, 11) is 0. The van der Waals surface area contributed by atoms with Gasteiger partial charge in [-0.25, -0.2) is 0 Å². The lowest BCUT2D eigenvalue weighted by Crippen LogP contribution is -2.61. The number of phenolic OH excluding ortho intramolecular Hbond substituents is 1. The van der Waals surface area contributed by atoms with Gasteiger partial charge in [-0.15, -0.1) is 0 Å². The molecule has 4 atom stereocenters. The molecule has 0 spiro atoms. The lowest BCUT2D eigenvalue weighted by molar-refractivity contribution is -0.198. The average Bonchev–Trinajstić information content (AvgIpc) is 3.04. The number of diazo groups is 1. The zero-order valence-corrected chi connectivity index (χ0v) is 15.8. The molecule has 0 aromatic heterocycles. The molecule has 30 heavy (non-hydrogen) atoms. The quantitative estimate of drug-likeness (QED) is 0.328. The minimum Gasteiger partial charge on any atom is -0.507 e. The lowest BCUT2D eigenvalue weighted by atomic mass is 9.73. The predicted molar refractivity (Wildman–Crippen MR) is 99.3 cm³/mol. The molecule has 3 aliphatic carbocycles. The van der Waals surface area contributed by atoms with Crippen molar-refractivity contribution in [3.8, 4) is 5.75 Å². The Kier molecular flexibility index (Phi) is 4.11. The predicted octanol–water partition coefficient (Wildman–Crippen LogP) is 0.693. The molecule has 0 unspecified atom stereocenters. The van der Waals surface area contributed by atoms with Gasteiger partial charge in [-0.2, -0.15) is 0 Å². The van der Waals surface area contributed by atoms with Crippen LogP contribution in [0.5, 0.6) is 5.75 Å². The zero-order valence-electron chi connectivity index (χ0n) is 15.8. The number of fused-ring (bicyclic) bond motifs is 3. The third kappa shape index (κ3) is 2.25. The number of Topliss-reactive ketones (excluding diaryl/α,β-unsaturated/α-hetero) is 1. The van der Waals surface area contributed by atoms with E-state index in [4.69, 9.17) is 4.74 Å². The Morgan fingerprint density at radius 3 is 2.43 bits per heavy atom. The van der Waals surface area contributed by atoms with Crippen molar-refractivity contribution in [2.24, 2.45) is 0 Å². The second-order valence-corrected chi connectivity index (χ2v) is 7.47. The molecular formula is C20H17N2O8+. The number of carbonyl (C=O) groups excluding carboxylic acids is 2. The Bertz CT molecular complexity index is 1170. The number of aliphatic hydroxyl groups excluding tert-OH is 4. The lowest BCUT2D eigenvalue weighted by Gasteiger charge is -2.43. The highest BCUT2D eigenvalue weighted by Gasteiger charge is 2.62. The van der Waals surface area contributed by atoms with Crippen LogP contribution >= 0.6 is 0 Å².